The number of rotatable bonds is 5. The Balaban J connectivity index is 1.99. The lowest BCUT2D eigenvalue weighted by Crippen LogP contribution is -2.38. The van der Waals surface area contributed by atoms with Crippen LogP contribution >= 0.6 is 0 Å². The van der Waals surface area contributed by atoms with E-state index in [0.717, 1.165) is 38.4 Å². The van der Waals surface area contributed by atoms with Crippen molar-refractivity contribution < 1.29 is 9.13 Å². The summed E-state index contributed by atoms with van der Waals surface area (Å²) >= 11 is 0. The lowest BCUT2D eigenvalue weighted by molar-refractivity contribution is 0.0649. The fourth-order valence-corrected chi connectivity index (χ4v) is 3.05. The zero-order chi connectivity index (χ0) is 15.2. The minimum Gasteiger partial charge on any atom is -0.377 e. The predicted molar refractivity (Wildman–Crippen MR) is 81.6 cm³/mol. The molecule has 21 heavy (non-hydrogen) atoms. The van der Waals surface area contributed by atoms with Crippen molar-refractivity contribution in [2.45, 2.75) is 32.4 Å². The minimum atomic E-state index is -0.292. The summed E-state index contributed by atoms with van der Waals surface area (Å²) < 4.78 is 18.7. The highest BCUT2D eigenvalue weighted by molar-refractivity contribution is 5.11. The fraction of sp³-hybridized carbons (Fsp3) is 0.688. The first-order chi connectivity index (χ1) is 10.1. The molecular formula is C16H26FN3O. The molecular weight excluding hydrogens is 269 g/mol. The lowest BCUT2D eigenvalue weighted by Gasteiger charge is -2.30. The maximum absolute atomic E-state index is 13.0. The number of hydrogen-bond acceptors (Lipinski definition) is 4. The van der Waals surface area contributed by atoms with Crippen LogP contribution in [-0.4, -0.2) is 49.3 Å². The third-order valence-electron chi connectivity index (χ3n) is 4.03. The van der Waals surface area contributed by atoms with Crippen molar-refractivity contribution in [3.8, 4) is 0 Å². The van der Waals surface area contributed by atoms with E-state index >= 15 is 0 Å². The first-order valence-electron chi connectivity index (χ1n) is 7.73. The summed E-state index contributed by atoms with van der Waals surface area (Å²) in [5, 5.41) is 3.31. The van der Waals surface area contributed by atoms with Crippen molar-refractivity contribution in [3.05, 3.63) is 29.8 Å². The SMILES string of the molecule is CNC(c1ccc(F)cn1)C(C)CN1CCCOC(C)C1. The summed E-state index contributed by atoms with van der Waals surface area (Å²) in [4.78, 5) is 6.67. The standard InChI is InChI=1S/C16H26FN3O/c1-12(10-20-7-4-8-21-13(2)11-20)16(18-3)15-6-5-14(17)9-19-15/h5-6,9,12-13,16,18H,4,7-8,10-11H2,1-3H3. The van der Waals surface area contributed by atoms with E-state index in [2.05, 4.69) is 29.0 Å². The van der Waals surface area contributed by atoms with Crippen molar-refractivity contribution in [1.82, 2.24) is 15.2 Å². The smallest absolute Gasteiger partial charge is 0.141 e. The van der Waals surface area contributed by atoms with Crippen LogP contribution in [0.1, 0.15) is 32.0 Å². The molecule has 3 unspecified atom stereocenters. The van der Waals surface area contributed by atoms with Gasteiger partial charge in [0.1, 0.15) is 5.82 Å². The molecule has 1 aromatic rings. The summed E-state index contributed by atoms with van der Waals surface area (Å²) in [5.74, 6) is 0.0954. The van der Waals surface area contributed by atoms with Gasteiger partial charge in [0.2, 0.25) is 0 Å². The third-order valence-corrected chi connectivity index (χ3v) is 4.03. The number of halogens is 1. The molecule has 2 heterocycles. The zero-order valence-electron chi connectivity index (χ0n) is 13.2. The molecule has 0 radical (unpaired) electrons. The second-order valence-corrected chi connectivity index (χ2v) is 5.94. The van der Waals surface area contributed by atoms with E-state index in [4.69, 9.17) is 4.74 Å². The van der Waals surface area contributed by atoms with Gasteiger partial charge in [0, 0.05) is 26.2 Å². The molecule has 4 nitrogen and oxygen atoms in total. The average Bonchev–Trinajstić information content (AvgIpc) is 2.66. The molecule has 2 rings (SSSR count). The Hall–Kier alpha value is -1.04. The molecule has 1 N–H and O–H groups in total. The maximum atomic E-state index is 13.0. The van der Waals surface area contributed by atoms with Gasteiger partial charge in [-0.25, -0.2) is 4.39 Å². The highest BCUT2D eigenvalue weighted by atomic mass is 19.1. The molecule has 118 valence electrons. The highest BCUT2D eigenvalue weighted by Gasteiger charge is 2.23. The van der Waals surface area contributed by atoms with Crippen molar-refractivity contribution in [2.24, 2.45) is 5.92 Å². The van der Waals surface area contributed by atoms with Crippen LogP contribution in [0, 0.1) is 11.7 Å². The fourth-order valence-electron chi connectivity index (χ4n) is 3.05. The van der Waals surface area contributed by atoms with Gasteiger partial charge in [-0.1, -0.05) is 6.92 Å². The van der Waals surface area contributed by atoms with E-state index in [1.165, 1.54) is 12.3 Å². The van der Waals surface area contributed by atoms with Crippen molar-refractivity contribution >= 4 is 0 Å². The molecule has 0 aromatic carbocycles. The van der Waals surface area contributed by atoms with Crippen LogP contribution in [0.3, 0.4) is 0 Å². The average molecular weight is 295 g/mol. The molecule has 0 saturated carbocycles. The largest absolute Gasteiger partial charge is 0.377 e. The number of pyridine rings is 1. The van der Waals surface area contributed by atoms with Crippen molar-refractivity contribution in [3.63, 3.8) is 0 Å². The lowest BCUT2D eigenvalue weighted by atomic mass is 9.97. The number of ether oxygens (including phenoxy) is 1. The normalized spacial score (nSPS) is 23.5. The second-order valence-electron chi connectivity index (χ2n) is 5.94. The first kappa shape index (κ1) is 16.3. The Kier molecular flexibility index (Phi) is 6.08. The molecule has 0 spiro atoms. The molecule has 5 heteroatoms. The van der Waals surface area contributed by atoms with E-state index in [1.807, 2.05) is 7.05 Å². The molecule has 0 aliphatic carbocycles. The summed E-state index contributed by atoms with van der Waals surface area (Å²) in [6.07, 6.45) is 2.65. The van der Waals surface area contributed by atoms with E-state index in [0.29, 0.717) is 5.92 Å². The predicted octanol–water partition coefficient (Wildman–Crippen LogP) is 2.23. The van der Waals surface area contributed by atoms with E-state index in [1.54, 1.807) is 6.07 Å². The van der Waals surface area contributed by atoms with Gasteiger partial charge in [0.25, 0.3) is 0 Å². The van der Waals surface area contributed by atoms with Gasteiger partial charge in [-0.15, -0.1) is 0 Å². The maximum Gasteiger partial charge on any atom is 0.141 e. The molecule has 1 aliphatic rings. The monoisotopic (exact) mass is 295 g/mol. The third kappa shape index (κ3) is 4.73. The number of hydrogen-bond donors (Lipinski definition) is 1. The summed E-state index contributed by atoms with van der Waals surface area (Å²) in [6, 6.07) is 3.37. The Morgan fingerprint density at radius 1 is 1.52 bits per heavy atom. The van der Waals surface area contributed by atoms with Crippen molar-refractivity contribution in [1.29, 1.82) is 0 Å². The van der Waals surface area contributed by atoms with Crippen LogP contribution in [0.4, 0.5) is 4.39 Å². The summed E-state index contributed by atoms with van der Waals surface area (Å²) in [5.41, 5.74) is 0.894. The van der Waals surface area contributed by atoms with Gasteiger partial charge in [0.05, 0.1) is 24.0 Å². The molecule has 0 bridgehead atoms. The second kappa shape index (κ2) is 7.82. The number of nitrogens with one attached hydrogen (secondary N) is 1. The zero-order valence-corrected chi connectivity index (χ0v) is 13.2. The van der Waals surface area contributed by atoms with Crippen LogP contribution in [0.25, 0.3) is 0 Å². The van der Waals surface area contributed by atoms with Gasteiger partial charge in [-0.2, -0.15) is 0 Å². The minimum absolute atomic E-state index is 0.130. The Morgan fingerprint density at radius 3 is 3.00 bits per heavy atom. The van der Waals surface area contributed by atoms with Crippen LogP contribution in [0.15, 0.2) is 18.3 Å². The Labute approximate surface area is 126 Å². The molecule has 1 aromatic heterocycles. The quantitative estimate of drug-likeness (QED) is 0.904. The molecule has 3 atom stereocenters. The van der Waals surface area contributed by atoms with E-state index in [-0.39, 0.29) is 18.0 Å². The van der Waals surface area contributed by atoms with Gasteiger partial charge >= 0.3 is 0 Å². The van der Waals surface area contributed by atoms with Gasteiger partial charge < -0.3 is 15.0 Å². The van der Waals surface area contributed by atoms with Crippen LogP contribution in [0.5, 0.6) is 0 Å². The van der Waals surface area contributed by atoms with E-state index in [9.17, 15) is 4.39 Å². The first-order valence-corrected chi connectivity index (χ1v) is 7.73. The van der Waals surface area contributed by atoms with Crippen LogP contribution < -0.4 is 5.32 Å². The van der Waals surface area contributed by atoms with Crippen LogP contribution in [-0.2, 0) is 4.74 Å². The Bertz CT molecular complexity index is 426. The van der Waals surface area contributed by atoms with Gasteiger partial charge in [0.15, 0.2) is 0 Å². The van der Waals surface area contributed by atoms with Crippen LogP contribution in [0.2, 0.25) is 0 Å². The van der Waals surface area contributed by atoms with Gasteiger partial charge in [-0.3, -0.25) is 4.98 Å². The molecule has 1 fully saturated rings. The van der Waals surface area contributed by atoms with E-state index < -0.39 is 0 Å². The summed E-state index contributed by atoms with van der Waals surface area (Å²) in [6.45, 7) is 8.21. The summed E-state index contributed by atoms with van der Waals surface area (Å²) in [7, 11) is 1.93. The van der Waals surface area contributed by atoms with Gasteiger partial charge in [-0.05, 0) is 38.4 Å². The number of aromatic nitrogens is 1. The molecule has 0 amide bonds. The molecule has 1 aliphatic heterocycles. The van der Waals surface area contributed by atoms with Crippen molar-refractivity contribution in [2.75, 3.05) is 33.3 Å². The highest BCUT2D eigenvalue weighted by Crippen LogP contribution is 2.21. The number of nitrogens with zero attached hydrogens (tertiary/aromatic N) is 2. The molecule has 1 saturated heterocycles. The topological polar surface area (TPSA) is 37.4 Å². The Morgan fingerprint density at radius 2 is 2.33 bits per heavy atom.